The number of para-hydroxylation sites is 2. The van der Waals surface area contributed by atoms with Gasteiger partial charge in [0.15, 0.2) is 10.7 Å². The Morgan fingerprint density at radius 1 is 1.11 bits per heavy atom. The zero-order chi connectivity index (χ0) is 26.4. The minimum Gasteiger partial charge on any atom is -0.494 e. The van der Waals surface area contributed by atoms with Crippen LogP contribution in [0.25, 0.3) is 22.2 Å². The number of nitrogens with one attached hydrogen (secondary N) is 1. The van der Waals surface area contributed by atoms with Gasteiger partial charge in [-0.15, -0.1) is 0 Å². The van der Waals surface area contributed by atoms with Gasteiger partial charge in [0.05, 0.1) is 42.5 Å². The third-order valence-corrected chi connectivity index (χ3v) is 7.27. The SMILES string of the molecule is COc1cnc(Cl)cc1-c1cc(C)ncc1C(=O)Nc1nc2c(s1)CN(C(=O)c1nc3ccccc3o1)C2. The Labute approximate surface area is 225 Å². The highest BCUT2D eigenvalue weighted by Gasteiger charge is 2.31. The Bertz CT molecular complexity index is 1680. The Morgan fingerprint density at radius 3 is 2.74 bits per heavy atom. The van der Waals surface area contributed by atoms with Crippen LogP contribution in [0.2, 0.25) is 5.15 Å². The quantitative estimate of drug-likeness (QED) is 0.301. The number of hydrogen-bond donors (Lipinski definition) is 1. The van der Waals surface area contributed by atoms with Crippen molar-refractivity contribution in [2.45, 2.75) is 20.0 Å². The van der Waals surface area contributed by atoms with Crippen molar-refractivity contribution in [2.75, 3.05) is 12.4 Å². The van der Waals surface area contributed by atoms with Gasteiger partial charge in [-0.1, -0.05) is 35.1 Å². The highest BCUT2D eigenvalue weighted by Crippen LogP contribution is 2.35. The molecule has 0 saturated heterocycles. The third kappa shape index (κ3) is 4.35. The smallest absolute Gasteiger partial charge is 0.310 e. The molecule has 190 valence electrons. The molecule has 0 unspecified atom stereocenters. The number of fused-ring (bicyclic) bond motifs is 2. The van der Waals surface area contributed by atoms with Crippen molar-refractivity contribution in [2.24, 2.45) is 0 Å². The van der Waals surface area contributed by atoms with Crippen molar-refractivity contribution < 1.29 is 18.7 Å². The monoisotopic (exact) mass is 546 g/mol. The lowest BCUT2D eigenvalue weighted by Crippen LogP contribution is -2.25. The summed E-state index contributed by atoms with van der Waals surface area (Å²) in [6.45, 7) is 2.48. The fourth-order valence-electron chi connectivity index (χ4n) is 4.25. The summed E-state index contributed by atoms with van der Waals surface area (Å²) in [4.78, 5) is 46.0. The summed E-state index contributed by atoms with van der Waals surface area (Å²) in [6, 6.07) is 10.7. The maximum absolute atomic E-state index is 13.3. The molecule has 1 aliphatic rings. The van der Waals surface area contributed by atoms with Gasteiger partial charge < -0.3 is 14.1 Å². The Hall–Kier alpha value is -4.35. The molecule has 1 aromatic carbocycles. The van der Waals surface area contributed by atoms with Crippen molar-refractivity contribution >= 4 is 51.0 Å². The highest BCUT2D eigenvalue weighted by molar-refractivity contribution is 7.16. The number of methoxy groups -OCH3 is 1. The molecule has 10 nitrogen and oxygen atoms in total. The molecule has 5 heterocycles. The number of nitrogens with zero attached hydrogens (tertiary/aromatic N) is 5. The summed E-state index contributed by atoms with van der Waals surface area (Å²) >= 11 is 7.45. The zero-order valence-corrected chi connectivity index (χ0v) is 21.8. The van der Waals surface area contributed by atoms with Crippen LogP contribution < -0.4 is 10.1 Å². The number of amides is 2. The van der Waals surface area contributed by atoms with Gasteiger partial charge in [0.2, 0.25) is 0 Å². The van der Waals surface area contributed by atoms with Crippen molar-refractivity contribution in [3.05, 3.63) is 81.7 Å². The molecule has 38 heavy (non-hydrogen) atoms. The van der Waals surface area contributed by atoms with E-state index in [1.54, 1.807) is 29.2 Å². The lowest BCUT2D eigenvalue weighted by molar-refractivity contribution is 0.0713. The number of carbonyl (C=O) groups is 2. The molecular weight excluding hydrogens is 528 g/mol. The van der Waals surface area contributed by atoms with Gasteiger partial charge >= 0.3 is 5.91 Å². The second kappa shape index (κ2) is 9.51. The predicted molar refractivity (Wildman–Crippen MR) is 141 cm³/mol. The van der Waals surface area contributed by atoms with Crippen molar-refractivity contribution in [1.82, 2.24) is 24.8 Å². The minimum atomic E-state index is -0.380. The molecule has 2 amide bonds. The van der Waals surface area contributed by atoms with Crippen LogP contribution in [-0.2, 0) is 13.1 Å². The largest absolute Gasteiger partial charge is 0.494 e. The second-order valence-corrected chi connectivity index (χ2v) is 10.0. The van der Waals surface area contributed by atoms with Gasteiger partial charge in [-0.25, -0.2) is 15.0 Å². The second-order valence-electron chi connectivity index (χ2n) is 8.57. The van der Waals surface area contributed by atoms with Crippen LogP contribution in [0, 0.1) is 6.92 Å². The van der Waals surface area contributed by atoms with Crippen molar-refractivity contribution in [3.8, 4) is 16.9 Å². The first-order valence-electron chi connectivity index (χ1n) is 11.5. The number of oxazole rings is 1. The van der Waals surface area contributed by atoms with Crippen LogP contribution in [0.4, 0.5) is 5.13 Å². The topological polar surface area (TPSA) is 123 Å². The van der Waals surface area contributed by atoms with Gasteiger partial charge in [-0.2, -0.15) is 0 Å². The molecule has 0 spiro atoms. The van der Waals surface area contributed by atoms with E-state index >= 15 is 0 Å². The predicted octanol–water partition coefficient (Wildman–Crippen LogP) is 5.12. The molecule has 1 aliphatic heterocycles. The average Bonchev–Trinajstić information content (AvgIpc) is 3.61. The van der Waals surface area contributed by atoms with Crippen molar-refractivity contribution in [1.29, 1.82) is 0 Å². The third-order valence-electron chi connectivity index (χ3n) is 6.07. The number of benzene rings is 1. The first-order valence-corrected chi connectivity index (χ1v) is 12.7. The number of anilines is 1. The Kier molecular flexibility index (Phi) is 6.01. The van der Waals surface area contributed by atoms with E-state index < -0.39 is 0 Å². The summed E-state index contributed by atoms with van der Waals surface area (Å²) in [7, 11) is 1.53. The first kappa shape index (κ1) is 24.0. The number of hydrogen-bond acceptors (Lipinski definition) is 9. The maximum Gasteiger partial charge on any atom is 0.310 e. The molecule has 0 bridgehead atoms. The normalized spacial score (nSPS) is 12.6. The fraction of sp³-hybridized carbons (Fsp3) is 0.154. The number of pyridine rings is 2. The maximum atomic E-state index is 13.3. The molecule has 4 aromatic heterocycles. The van der Waals surface area contributed by atoms with Crippen LogP contribution >= 0.6 is 22.9 Å². The average molecular weight is 547 g/mol. The summed E-state index contributed by atoms with van der Waals surface area (Å²) in [5.74, 6) is -0.168. The summed E-state index contributed by atoms with van der Waals surface area (Å²) in [5.41, 5.74) is 4.20. The van der Waals surface area contributed by atoms with Gasteiger partial charge in [0, 0.05) is 23.0 Å². The lowest BCUT2D eigenvalue weighted by Gasteiger charge is -2.14. The highest BCUT2D eigenvalue weighted by atomic mass is 35.5. The van der Waals surface area contributed by atoms with E-state index in [0.717, 1.165) is 16.3 Å². The summed E-state index contributed by atoms with van der Waals surface area (Å²) in [6.07, 6.45) is 3.02. The molecule has 0 saturated carbocycles. The number of aryl methyl sites for hydroxylation is 1. The number of rotatable bonds is 5. The number of aromatic nitrogens is 4. The van der Waals surface area contributed by atoms with Gasteiger partial charge in [-0.3, -0.25) is 19.9 Å². The van der Waals surface area contributed by atoms with Crippen LogP contribution in [0.1, 0.15) is 37.3 Å². The molecule has 1 N–H and O–H groups in total. The molecule has 5 aromatic rings. The number of halogens is 1. The van der Waals surface area contributed by atoms with E-state index in [9.17, 15) is 9.59 Å². The van der Waals surface area contributed by atoms with Crippen LogP contribution in [0.3, 0.4) is 0 Å². The first-order chi connectivity index (χ1) is 18.4. The van der Waals surface area contributed by atoms with Gasteiger partial charge in [0.25, 0.3) is 11.8 Å². The van der Waals surface area contributed by atoms with E-state index in [2.05, 4.69) is 25.3 Å². The minimum absolute atomic E-state index is 0.0425. The molecular formula is C26H19ClN6O4S. The van der Waals surface area contributed by atoms with Crippen molar-refractivity contribution in [3.63, 3.8) is 0 Å². The van der Waals surface area contributed by atoms with Crippen LogP contribution in [-0.4, -0.2) is 43.8 Å². The number of carbonyl (C=O) groups excluding carboxylic acids is 2. The fourth-order valence-corrected chi connectivity index (χ4v) is 5.39. The van der Waals surface area contributed by atoms with Gasteiger partial charge in [0.1, 0.15) is 16.4 Å². The molecule has 0 fully saturated rings. The van der Waals surface area contributed by atoms with E-state index in [-0.39, 0.29) is 22.9 Å². The molecule has 6 rings (SSSR count). The standard InChI is InChI=1S/C26H19ClN6O4S/c1-13-7-14(15-8-22(27)29-10-20(15)36-2)16(9-28-13)23(34)32-26-31-18-11-33(12-21(18)38-26)25(35)24-30-17-5-3-4-6-19(17)37-24/h3-10H,11-12H2,1-2H3,(H,31,32,34). The number of ether oxygens (including phenoxy) is 1. The van der Waals surface area contributed by atoms with E-state index in [4.69, 9.17) is 20.8 Å². The Morgan fingerprint density at radius 2 is 1.95 bits per heavy atom. The molecule has 0 aliphatic carbocycles. The summed E-state index contributed by atoms with van der Waals surface area (Å²) < 4.78 is 11.1. The summed E-state index contributed by atoms with van der Waals surface area (Å²) in [5, 5.41) is 3.57. The zero-order valence-electron chi connectivity index (χ0n) is 20.2. The lowest BCUT2D eigenvalue weighted by atomic mass is 10.0. The number of thiazole rings is 1. The molecule has 0 radical (unpaired) electrons. The van der Waals surface area contributed by atoms with E-state index in [1.807, 2.05) is 19.1 Å². The van der Waals surface area contributed by atoms with Crippen LogP contribution in [0.15, 0.2) is 53.2 Å². The van der Waals surface area contributed by atoms with E-state index in [0.29, 0.717) is 51.8 Å². The van der Waals surface area contributed by atoms with E-state index in [1.165, 1.54) is 30.8 Å². The van der Waals surface area contributed by atoms with Gasteiger partial charge in [-0.05, 0) is 31.2 Å². The molecule has 0 atom stereocenters. The Balaban J connectivity index is 1.21. The van der Waals surface area contributed by atoms with Crippen LogP contribution in [0.5, 0.6) is 5.75 Å². The molecule has 12 heteroatoms.